The van der Waals surface area contributed by atoms with Crippen molar-refractivity contribution in [2.75, 3.05) is 18.4 Å². The molecule has 2 heterocycles. The molecule has 0 saturated carbocycles. The van der Waals surface area contributed by atoms with Crippen molar-refractivity contribution in [1.82, 2.24) is 15.1 Å². The number of carbonyl (C=O) groups excluding carboxylic acids is 2. The number of aryl methyl sites for hydroxylation is 1. The van der Waals surface area contributed by atoms with Gasteiger partial charge in [0.15, 0.2) is 0 Å². The van der Waals surface area contributed by atoms with Crippen LogP contribution in [0.25, 0.3) is 0 Å². The van der Waals surface area contributed by atoms with E-state index in [0.717, 1.165) is 10.6 Å². The molecule has 1 aromatic heterocycles. The van der Waals surface area contributed by atoms with Gasteiger partial charge in [-0.3, -0.25) is 9.59 Å². The maximum absolute atomic E-state index is 12.9. The minimum atomic E-state index is -0.380. The number of anilines is 1. The van der Waals surface area contributed by atoms with Crippen LogP contribution < -0.4 is 5.32 Å². The molecule has 1 aliphatic rings. The Labute approximate surface area is 142 Å². The summed E-state index contributed by atoms with van der Waals surface area (Å²) in [5.74, 6) is -0.899. The van der Waals surface area contributed by atoms with Crippen LogP contribution in [0, 0.1) is 18.7 Å². The number of nitrogens with one attached hydrogen (secondary N) is 1. The lowest BCUT2D eigenvalue weighted by Gasteiger charge is -2.16. The van der Waals surface area contributed by atoms with Crippen molar-refractivity contribution in [1.29, 1.82) is 0 Å². The van der Waals surface area contributed by atoms with E-state index in [2.05, 4.69) is 15.5 Å². The fraction of sp³-hybridized carbons (Fsp3) is 0.375. The van der Waals surface area contributed by atoms with Crippen molar-refractivity contribution in [2.24, 2.45) is 5.92 Å². The fourth-order valence-electron chi connectivity index (χ4n) is 2.63. The highest BCUT2D eigenvalue weighted by atomic mass is 32.1. The molecule has 1 fully saturated rings. The molecule has 0 spiro atoms. The molecule has 0 aliphatic carbocycles. The topological polar surface area (TPSA) is 75.2 Å². The molecule has 1 aromatic carbocycles. The maximum Gasteiger partial charge on any atom is 0.231 e. The van der Waals surface area contributed by atoms with E-state index in [1.165, 1.54) is 23.5 Å². The second kappa shape index (κ2) is 7.04. The first kappa shape index (κ1) is 16.5. The van der Waals surface area contributed by atoms with Crippen LogP contribution in [-0.4, -0.2) is 40.0 Å². The summed E-state index contributed by atoms with van der Waals surface area (Å²) in [6.07, 6.45) is 0.836. The molecular formula is C16H17FN4O2S. The number of aromatic nitrogens is 2. The van der Waals surface area contributed by atoms with Crippen LogP contribution in [0.15, 0.2) is 24.3 Å². The predicted octanol–water partition coefficient (Wildman–Crippen LogP) is 2.02. The van der Waals surface area contributed by atoms with E-state index in [-0.39, 0.29) is 30.0 Å². The van der Waals surface area contributed by atoms with E-state index >= 15 is 0 Å². The number of amides is 2. The van der Waals surface area contributed by atoms with E-state index in [4.69, 9.17) is 0 Å². The summed E-state index contributed by atoms with van der Waals surface area (Å²) < 4.78 is 12.9. The first-order chi connectivity index (χ1) is 11.5. The summed E-state index contributed by atoms with van der Waals surface area (Å²) >= 11 is 1.30. The molecule has 0 bridgehead atoms. The molecule has 0 radical (unpaired) electrons. The molecule has 8 heteroatoms. The van der Waals surface area contributed by atoms with Gasteiger partial charge in [-0.1, -0.05) is 23.5 Å². The van der Waals surface area contributed by atoms with Crippen molar-refractivity contribution in [3.63, 3.8) is 0 Å². The molecule has 1 atom stereocenters. The van der Waals surface area contributed by atoms with Gasteiger partial charge in [-0.15, -0.1) is 10.2 Å². The third-order valence-corrected chi connectivity index (χ3v) is 4.68. The van der Waals surface area contributed by atoms with Gasteiger partial charge in [0.05, 0.1) is 5.92 Å². The van der Waals surface area contributed by atoms with Crippen molar-refractivity contribution in [3.05, 3.63) is 40.7 Å². The monoisotopic (exact) mass is 348 g/mol. The summed E-state index contributed by atoms with van der Waals surface area (Å²) in [6, 6.07) is 6.22. The number of benzene rings is 1. The largest absolute Gasteiger partial charge is 0.342 e. The standard InChI is InChI=1S/C16H17FN4O2S/c1-10-19-20-16(24-10)18-15(23)12-8-14(22)21(9-12)7-6-11-2-4-13(17)5-3-11/h2-5,12H,6-9H2,1H3,(H,18,20,23)/t12-/m0/s1. The van der Waals surface area contributed by atoms with Gasteiger partial charge < -0.3 is 10.2 Å². The highest BCUT2D eigenvalue weighted by molar-refractivity contribution is 7.15. The number of nitrogens with zero attached hydrogens (tertiary/aromatic N) is 3. The Morgan fingerprint density at radius 1 is 1.38 bits per heavy atom. The Bertz CT molecular complexity index is 747. The van der Waals surface area contributed by atoms with Gasteiger partial charge in [0.25, 0.3) is 0 Å². The molecule has 126 valence electrons. The van der Waals surface area contributed by atoms with Gasteiger partial charge in [0, 0.05) is 19.5 Å². The van der Waals surface area contributed by atoms with E-state index in [1.807, 2.05) is 6.92 Å². The zero-order valence-electron chi connectivity index (χ0n) is 13.2. The van der Waals surface area contributed by atoms with Crippen molar-refractivity contribution in [2.45, 2.75) is 19.8 Å². The zero-order chi connectivity index (χ0) is 17.1. The Kier molecular flexibility index (Phi) is 4.84. The molecule has 24 heavy (non-hydrogen) atoms. The highest BCUT2D eigenvalue weighted by Gasteiger charge is 2.34. The van der Waals surface area contributed by atoms with Crippen LogP contribution in [0.3, 0.4) is 0 Å². The second-order valence-corrected chi connectivity index (χ2v) is 6.91. The summed E-state index contributed by atoms with van der Waals surface area (Å²) in [7, 11) is 0. The van der Waals surface area contributed by atoms with Crippen LogP contribution in [-0.2, 0) is 16.0 Å². The first-order valence-corrected chi connectivity index (χ1v) is 8.46. The van der Waals surface area contributed by atoms with Crippen molar-refractivity contribution >= 4 is 28.3 Å². The molecule has 1 saturated heterocycles. The van der Waals surface area contributed by atoms with Gasteiger partial charge in [0.2, 0.25) is 16.9 Å². The van der Waals surface area contributed by atoms with E-state index in [1.54, 1.807) is 17.0 Å². The Morgan fingerprint density at radius 2 is 2.12 bits per heavy atom. The van der Waals surface area contributed by atoms with Crippen LogP contribution in [0.5, 0.6) is 0 Å². The van der Waals surface area contributed by atoms with Crippen LogP contribution >= 0.6 is 11.3 Å². The number of carbonyl (C=O) groups is 2. The highest BCUT2D eigenvalue weighted by Crippen LogP contribution is 2.21. The molecule has 3 rings (SSSR count). The lowest BCUT2D eigenvalue weighted by Crippen LogP contribution is -2.30. The fourth-order valence-corrected chi connectivity index (χ4v) is 3.23. The number of hydrogen-bond acceptors (Lipinski definition) is 5. The quantitative estimate of drug-likeness (QED) is 0.897. The summed E-state index contributed by atoms with van der Waals surface area (Å²) in [6.45, 7) is 2.72. The van der Waals surface area contributed by atoms with Crippen molar-refractivity contribution < 1.29 is 14.0 Å². The Morgan fingerprint density at radius 3 is 2.79 bits per heavy atom. The molecule has 0 unspecified atom stereocenters. The minimum Gasteiger partial charge on any atom is -0.342 e. The normalized spacial score (nSPS) is 17.3. The third kappa shape index (κ3) is 3.94. The average molecular weight is 348 g/mol. The number of halogens is 1. The van der Waals surface area contributed by atoms with Crippen LogP contribution in [0.2, 0.25) is 0 Å². The second-order valence-electron chi connectivity index (χ2n) is 5.73. The lowest BCUT2D eigenvalue weighted by atomic mass is 10.1. The molecule has 2 amide bonds. The van der Waals surface area contributed by atoms with Gasteiger partial charge >= 0.3 is 0 Å². The number of hydrogen-bond donors (Lipinski definition) is 1. The summed E-state index contributed by atoms with van der Waals surface area (Å²) in [5.41, 5.74) is 0.960. The molecular weight excluding hydrogens is 331 g/mol. The van der Waals surface area contributed by atoms with Crippen LogP contribution in [0.1, 0.15) is 17.0 Å². The van der Waals surface area contributed by atoms with Crippen molar-refractivity contribution in [3.8, 4) is 0 Å². The predicted molar refractivity (Wildman–Crippen MR) is 88.1 cm³/mol. The number of likely N-dealkylation sites (tertiary alicyclic amines) is 1. The summed E-state index contributed by atoms with van der Waals surface area (Å²) in [4.78, 5) is 26.0. The molecule has 1 aliphatic heterocycles. The lowest BCUT2D eigenvalue weighted by molar-refractivity contribution is -0.128. The summed E-state index contributed by atoms with van der Waals surface area (Å²) in [5, 5.41) is 11.6. The van der Waals surface area contributed by atoms with E-state index in [0.29, 0.717) is 24.6 Å². The Balaban J connectivity index is 1.53. The van der Waals surface area contributed by atoms with Gasteiger partial charge in [0.1, 0.15) is 10.8 Å². The van der Waals surface area contributed by atoms with Gasteiger partial charge in [-0.05, 0) is 31.0 Å². The molecule has 6 nitrogen and oxygen atoms in total. The molecule has 1 N–H and O–H groups in total. The SMILES string of the molecule is Cc1nnc(NC(=O)[C@H]2CC(=O)N(CCc3ccc(F)cc3)C2)s1. The smallest absolute Gasteiger partial charge is 0.231 e. The third-order valence-electron chi connectivity index (χ3n) is 3.93. The first-order valence-electron chi connectivity index (χ1n) is 7.64. The minimum absolute atomic E-state index is 0.0364. The van der Waals surface area contributed by atoms with Gasteiger partial charge in [-0.25, -0.2) is 4.39 Å². The average Bonchev–Trinajstić information content (AvgIpc) is 3.13. The van der Waals surface area contributed by atoms with E-state index in [9.17, 15) is 14.0 Å². The maximum atomic E-state index is 12.9. The zero-order valence-corrected chi connectivity index (χ0v) is 14.0. The molecule has 2 aromatic rings. The van der Waals surface area contributed by atoms with Gasteiger partial charge in [-0.2, -0.15) is 0 Å². The van der Waals surface area contributed by atoms with Crippen LogP contribution in [0.4, 0.5) is 9.52 Å². The van der Waals surface area contributed by atoms with E-state index < -0.39 is 0 Å². The Hall–Kier alpha value is -2.35. The number of rotatable bonds is 5.